The summed E-state index contributed by atoms with van der Waals surface area (Å²) in [6, 6.07) is 3.53. The summed E-state index contributed by atoms with van der Waals surface area (Å²) in [7, 11) is 0. The minimum Gasteiger partial charge on any atom is -0.478 e. The van der Waals surface area contributed by atoms with Crippen molar-refractivity contribution in [3.05, 3.63) is 40.7 Å². The van der Waals surface area contributed by atoms with Gasteiger partial charge in [0.05, 0.1) is 16.9 Å². The summed E-state index contributed by atoms with van der Waals surface area (Å²) in [6.07, 6.45) is -4.26. The summed E-state index contributed by atoms with van der Waals surface area (Å²) >= 11 is 5.86. The molecule has 3 rings (SSSR count). The Hall–Kier alpha value is -3.41. The van der Waals surface area contributed by atoms with Crippen LogP contribution in [-0.2, 0) is 10.9 Å². The molecular formula is C22H25ClF3N5O4. The predicted molar refractivity (Wildman–Crippen MR) is 125 cm³/mol. The fourth-order valence-electron chi connectivity index (χ4n) is 3.52. The van der Waals surface area contributed by atoms with Crippen molar-refractivity contribution in [2.75, 3.05) is 42.1 Å². The van der Waals surface area contributed by atoms with E-state index in [1.165, 1.54) is 21.9 Å². The molecule has 1 saturated heterocycles. The molecule has 1 amide bonds. The van der Waals surface area contributed by atoms with Crippen molar-refractivity contribution < 1.29 is 32.6 Å². The van der Waals surface area contributed by atoms with Crippen LogP contribution >= 0.6 is 11.6 Å². The molecule has 190 valence electrons. The number of halogens is 4. The lowest BCUT2D eigenvalue weighted by Gasteiger charge is -2.37. The van der Waals surface area contributed by atoms with Crippen LogP contribution in [0.25, 0.3) is 0 Å². The molecule has 0 spiro atoms. The maximum atomic E-state index is 14.0. The predicted octanol–water partition coefficient (Wildman–Crippen LogP) is 4.83. The number of nitrogens with zero attached hydrogens (tertiary/aromatic N) is 3. The topological polar surface area (TPSA) is 121 Å². The van der Waals surface area contributed by atoms with Gasteiger partial charge in [-0.3, -0.25) is 0 Å². The lowest BCUT2D eigenvalue weighted by atomic mass is 10.1. The smallest absolute Gasteiger partial charge is 0.418 e. The SMILES string of the molecule is CC(C)(C)OC(=O)N1CCN(c2ccc(Nc3c(C(=O)O)cnc(Cl)c3N)cc2C(F)(F)F)CC1. The summed E-state index contributed by atoms with van der Waals surface area (Å²) in [5.74, 6) is -1.38. The van der Waals surface area contributed by atoms with Gasteiger partial charge in [-0.1, -0.05) is 11.6 Å². The van der Waals surface area contributed by atoms with Crippen molar-refractivity contribution in [1.29, 1.82) is 0 Å². The highest BCUT2D eigenvalue weighted by Gasteiger charge is 2.36. The number of rotatable bonds is 4. The number of anilines is 4. The number of nitrogens with one attached hydrogen (secondary N) is 1. The van der Waals surface area contributed by atoms with Crippen molar-refractivity contribution in [1.82, 2.24) is 9.88 Å². The highest BCUT2D eigenvalue weighted by Crippen LogP contribution is 2.40. The van der Waals surface area contributed by atoms with Gasteiger partial charge < -0.3 is 30.7 Å². The first-order valence-corrected chi connectivity index (χ1v) is 10.9. The molecule has 9 nitrogen and oxygen atoms in total. The Morgan fingerprint density at radius 3 is 2.34 bits per heavy atom. The molecule has 0 saturated carbocycles. The number of carbonyl (C=O) groups is 2. The quantitative estimate of drug-likeness (QED) is 0.495. The summed E-state index contributed by atoms with van der Waals surface area (Å²) in [5, 5.41) is 11.8. The van der Waals surface area contributed by atoms with Crippen LogP contribution in [0.5, 0.6) is 0 Å². The lowest BCUT2D eigenvalue weighted by Crippen LogP contribution is -2.50. The van der Waals surface area contributed by atoms with Gasteiger partial charge in [-0.25, -0.2) is 14.6 Å². The standard InChI is InChI=1S/C22H25ClF3N5O4/c1-21(2,3)35-20(34)31-8-6-30(7-9-31)15-5-4-12(10-14(15)22(24,25)26)29-17-13(19(32)33)11-28-18(23)16(17)27/h4-5,10-11H,6-9,27H2,1-3H3,(H,28,29)(H,32,33). The van der Waals surface area contributed by atoms with Gasteiger partial charge in [0.2, 0.25) is 0 Å². The van der Waals surface area contributed by atoms with Crippen LogP contribution in [-0.4, -0.2) is 58.8 Å². The van der Waals surface area contributed by atoms with E-state index in [0.717, 1.165) is 12.3 Å². The van der Waals surface area contributed by atoms with E-state index >= 15 is 0 Å². The number of piperazine rings is 1. The number of alkyl halides is 3. The molecule has 1 fully saturated rings. The number of ether oxygens (including phenoxy) is 1. The minimum absolute atomic E-state index is 0.0371. The van der Waals surface area contributed by atoms with Crippen LogP contribution in [0.15, 0.2) is 24.4 Å². The Morgan fingerprint density at radius 2 is 1.80 bits per heavy atom. The van der Waals surface area contributed by atoms with Crippen molar-refractivity contribution in [3.8, 4) is 0 Å². The fraction of sp³-hybridized carbons (Fsp3) is 0.409. The number of hydrogen-bond donors (Lipinski definition) is 3. The van der Waals surface area contributed by atoms with E-state index in [0.29, 0.717) is 0 Å². The van der Waals surface area contributed by atoms with Gasteiger partial charge in [-0.15, -0.1) is 0 Å². The Kier molecular flexibility index (Phi) is 7.25. The number of benzene rings is 1. The van der Waals surface area contributed by atoms with Crippen LogP contribution < -0.4 is 16.0 Å². The molecule has 0 radical (unpaired) electrons. The third kappa shape index (κ3) is 6.18. The first-order valence-electron chi connectivity index (χ1n) is 10.6. The Bertz CT molecular complexity index is 1130. The minimum atomic E-state index is -4.70. The zero-order valence-electron chi connectivity index (χ0n) is 19.2. The molecule has 2 aromatic rings. The number of aromatic carboxylic acids is 1. The first kappa shape index (κ1) is 26.2. The zero-order valence-corrected chi connectivity index (χ0v) is 20.0. The second-order valence-corrected chi connectivity index (χ2v) is 9.22. The molecule has 35 heavy (non-hydrogen) atoms. The van der Waals surface area contributed by atoms with Crippen LogP contribution in [0.1, 0.15) is 36.7 Å². The zero-order chi connectivity index (χ0) is 26.1. The molecule has 1 aliphatic heterocycles. The molecule has 0 atom stereocenters. The number of amides is 1. The average molecular weight is 516 g/mol. The van der Waals surface area contributed by atoms with Crippen molar-refractivity contribution >= 4 is 46.4 Å². The molecule has 1 aromatic heterocycles. The third-order valence-corrected chi connectivity index (χ3v) is 5.44. The van der Waals surface area contributed by atoms with Gasteiger partial charge >= 0.3 is 18.2 Å². The molecule has 13 heteroatoms. The van der Waals surface area contributed by atoms with Gasteiger partial charge in [-0.05, 0) is 39.0 Å². The average Bonchev–Trinajstić information content (AvgIpc) is 2.75. The summed E-state index contributed by atoms with van der Waals surface area (Å²) in [5.41, 5.74) is 3.40. The summed E-state index contributed by atoms with van der Waals surface area (Å²) < 4.78 is 47.3. The number of nitrogen functional groups attached to an aromatic ring is 1. The highest BCUT2D eigenvalue weighted by atomic mass is 35.5. The van der Waals surface area contributed by atoms with E-state index in [1.54, 1.807) is 20.8 Å². The normalized spacial score (nSPS) is 14.6. The fourth-order valence-corrected chi connectivity index (χ4v) is 3.66. The van der Waals surface area contributed by atoms with E-state index in [1.807, 2.05) is 0 Å². The molecule has 1 aromatic carbocycles. The lowest BCUT2D eigenvalue weighted by molar-refractivity contribution is -0.137. The molecule has 0 unspecified atom stereocenters. The number of nitrogens with two attached hydrogens (primary N) is 1. The number of carboxylic acid groups (broad SMARTS) is 1. The van der Waals surface area contributed by atoms with E-state index in [9.17, 15) is 27.9 Å². The summed E-state index contributed by atoms with van der Waals surface area (Å²) in [4.78, 5) is 30.4. The molecular weight excluding hydrogens is 491 g/mol. The largest absolute Gasteiger partial charge is 0.478 e. The number of carboxylic acids is 1. The Labute approximate surface area is 204 Å². The van der Waals surface area contributed by atoms with Crippen LogP contribution in [0, 0.1) is 0 Å². The van der Waals surface area contributed by atoms with Gasteiger partial charge in [0, 0.05) is 43.8 Å². The molecule has 2 heterocycles. The van der Waals surface area contributed by atoms with Crippen LogP contribution in [0.4, 0.5) is 40.7 Å². The van der Waals surface area contributed by atoms with E-state index < -0.39 is 29.4 Å². The molecule has 0 bridgehead atoms. The van der Waals surface area contributed by atoms with Crippen LogP contribution in [0.3, 0.4) is 0 Å². The van der Waals surface area contributed by atoms with E-state index in [2.05, 4.69) is 10.3 Å². The molecule has 4 N–H and O–H groups in total. The Morgan fingerprint density at radius 1 is 1.17 bits per heavy atom. The maximum Gasteiger partial charge on any atom is 0.418 e. The Balaban J connectivity index is 1.86. The number of hydrogen-bond acceptors (Lipinski definition) is 7. The summed E-state index contributed by atoms with van der Waals surface area (Å²) in [6.45, 7) is 5.94. The number of carbonyl (C=O) groups excluding carboxylic acids is 1. The highest BCUT2D eigenvalue weighted by molar-refractivity contribution is 6.32. The second kappa shape index (κ2) is 9.68. The van der Waals surface area contributed by atoms with Gasteiger partial charge in [0.25, 0.3) is 0 Å². The number of aromatic nitrogens is 1. The van der Waals surface area contributed by atoms with Crippen molar-refractivity contribution in [2.24, 2.45) is 0 Å². The van der Waals surface area contributed by atoms with Gasteiger partial charge in [-0.2, -0.15) is 13.2 Å². The maximum absolute atomic E-state index is 14.0. The van der Waals surface area contributed by atoms with Crippen molar-refractivity contribution in [3.63, 3.8) is 0 Å². The molecule has 0 aliphatic carbocycles. The van der Waals surface area contributed by atoms with Gasteiger partial charge in [0.15, 0.2) is 5.15 Å². The van der Waals surface area contributed by atoms with Gasteiger partial charge in [0.1, 0.15) is 11.2 Å². The van der Waals surface area contributed by atoms with Crippen molar-refractivity contribution in [2.45, 2.75) is 32.5 Å². The monoisotopic (exact) mass is 515 g/mol. The molecule has 1 aliphatic rings. The van der Waals surface area contributed by atoms with E-state index in [-0.39, 0.29) is 59.6 Å². The van der Waals surface area contributed by atoms with E-state index in [4.69, 9.17) is 22.1 Å². The van der Waals surface area contributed by atoms with Crippen LogP contribution in [0.2, 0.25) is 5.15 Å². The first-order chi connectivity index (χ1) is 16.2. The number of pyridine rings is 1. The third-order valence-electron chi connectivity index (χ3n) is 5.14. The second-order valence-electron chi connectivity index (χ2n) is 8.87.